The number of rotatable bonds is 9. The van der Waals surface area contributed by atoms with E-state index in [1.54, 1.807) is 15.5 Å². The van der Waals surface area contributed by atoms with Crippen LogP contribution in [0.1, 0.15) is 61.8 Å². The van der Waals surface area contributed by atoms with Crippen LogP contribution in [0.3, 0.4) is 0 Å². The van der Waals surface area contributed by atoms with Crippen LogP contribution in [0.4, 0.5) is 25.1 Å². The molecule has 6 rings (SSSR count). The minimum Gasteiger partial charge on any atom is -0.486 e. The number of pyridine rings is 2. The molecule has 2 aliphatic heterocycles. The van der Waals surface area contributed by atoms with E-state index in [2.05, 4.69) is 4.98 Å². The van der Waals surface area contributed by atoms with Gasteiger partial charge in [0.15, 0.2) is 23.2 Å². The van der Waals surface area contributed by atoms with Crippen molar-refractivity contribution in [3.05, 3.63) is 57.9 Å². The average Bonchev–Trinajstić information content (AvgIpc) is 3.74. The van der Waals surface area contributed by atoms with Crippen molar-refractivity contribution in [1.82, 2.24) is 9.55 Å². The van der Waals surface area contributed by atoms with Crippen molar-refractivity contribution in [2.45, 2.75) is 63.7 Å². The summed E-state index contributed by atoms with van der Waals surface area (Å²) in [5, 5.41) is 9.38. The van der Waals surface area contributed by atoms with E-state index in [0.717, 1.165) is 18.9 Å². The first-order chi connectivity index (χ1) is 20.6. The van der Waals surface area contributed by atoms with Gasteiger partial charge >= 0.3 is 12.1 Å². The Kier molecular flexibility index (Phi) is 7.49. The van der Waals surface area contributed by atoms with Gasteiger partial charge in [0.1, 0.15) is 29.2 Å². The Balaban J connectivity index is 1.19. The van der Waals surface area contributed by atoms with Gasteiger partial charge in [0.25, 0.3) is 0 Å². The fourth-order valence-electron chi connectivity index (χ4n) is 5.65. The third-order valence-corrected chi connectivity index (χ3v) is 8.00. The number of hydrogen-bond acceptors (Lipinski definition) is 8. The summed E-state index contributed by atoms with van der Waals surface area (Å²) in [5.74, 6) is -2.82. The maximum Gasteiger partial charge on any atom is 0.414 e. The van der Waals surface area contributed by atoms with Crippen LogP contribution in [0.5, 0.6) is 5.75 Å². The summed E-state index contributed by atoms with van der Waals surface area (Å²) in [5.41, 5.74) is -0.685. The highest BCUT2D eigenvalue weighted by Crippen LogP contribution is 2.37. The van der Waals surface area contributed by atoms with Gasteiger partial charge in [-0.05, 0) is 57.2 Å². The molecule has 1 aliphatic carbocycles. The molecule has 226 valence electrons. The van der Waals surface area contributed by atoms with Gasteiger partial charge in [-0.1, -0.05) is 0 Å². The predicted molar refractivity (Wildman–Crippen MR) is 151 cm³/mol. The quantitative estimate of drug-likeness (QED) is 0.381. The number of cyclic esters (lactones) is 1. The molecule has 11 nitrogen and oxygen atoms in total. The minimum atomic E-state index is -1.38. The zero-order valence-electron chi connectivity index (χ0n) is 23.4. The lowest BCUT2D eigenvalue weighted by Crippen LogP contribution is -2.42. The minimum absolute atomic E-state index is 0.00437. The van der Waals surface area contributed by atoms with Crippen LogP contribution in [0.15, 0.2) is 35.3 Å². The van der Waals surface area contributed by atoms with E-state index in [1.165, 1.54) is 30.2 Å². The number of piperidine rings is 1. The largest absolute Gasteiger partial charge is 0.486 e. The van der Waals surface area contributed by atoms with Gasteiger partial charge in [-0.25, -0.2) is 23.4 Å². The molecule has 1 unspecified atom stereocenters. The summed E-state index contributed by atoms with van der Waals surface area (Å²) in [6.45, 7) is 2.34. The Morgan fingerprint density at radius 3 is 2.60 bits per heavy atom. The third-order valence-electron chi connectivity index (χ3n) is 8.00. The van der Waals surface area contributed by atoms with E-state index in [1.807, 2.05) is 0 Å². The molecule has 0 radical (unpaired) electrons. The van der Waals surface area contributed by atoms with Crippen molar-refractivity contribution in [3.63, 3.8) is 0 Å². The number of carboxylic acids is 1. The number of carboxylic acid groups (broad SMARTS) is 1. The molecule has 1 saturated carbocycles. The predicted octanol–water partition coefficient (Wildman–Crippen LogP) is 4.45. The maximum atomic E-state index is 15.4. The number of halogens is 2. The van der Waals surface area contributed by atoms with Crippen LogP contribution in [0, 0.1) is 11.6 Å². The zero-order chi connectivity index (χ0) is 30.4. The smallest absolute Gasteiger partial charge is 0.414 e. The zero-order valence-corrected chi connectivity index (χ0v) is 23.4. The second-order valence-corrected chi connectivity index (χ2v) is 11.3. The number of fused-ring (bicyclic) bond motifs is 1. The SMILES string of the molecule is CC(=O)CC[C@H]1CN(c2ccc(OC3CCCN(c4nc5c(cc4F)c(=O)c(C(=O)O)cn5C4CC4)C3)c(F)c2)C(=O)O1. The number of nitrogens with zero attached hydrogens (tertiary/aromatic N) is 4. The molecule has 1 amide bonds. The van der Waals surface area contributed by atoms with Crippen LogP contribution in [-0.2, 0) is 9.53 Å². The Labute approximate surface area is 244 Å². The number of ketones is 1. The summed E-state index contributed by atoms with van der Waals surface area (Å²) in [4.78, 5) is 55.5. The van der Waals surface area contributed by atoms with Gasteiger partial charge < -0.3 is 28.8 Å². The van der Waals surface area contributed by atoms with Gasteiger partial charge in [-0.3, -0.25) is 9.69 Å². The van der Waals surface area contributed by atoms with Crippen LogP contribution >= 0.6 is 0 Å². The van der Waals surface area contributed by atoms with E-state index < -0.39 is 46.9 Å². The molecule has 4 heterocycles. The first-order valence-corrected chi connectivity index (χ1v) is 14.3. The monoisotopic (exact) mass is 596 g/mol. The molecule has 0 spiro atoms. The van der Waals surface area contributed by atoms with Gasteiger partial charge in [0.05, 0.1) is 24.2 Å². The average molecular weight is 597 g/mol. The van der Waals surface area contributed by atoms with E-state index >= 15 is 8.78 Å². The molecule has 43 heavy (non-hydrogen) atoms. The summed E-state index contributed by atoms with van der Waals surface area (Å²) in [7, 11) is 0. The number of Topliss-reactive ketones (excluding diaryl/α,β-unsaturated/α-hetero) is 1. The Morgan fingerprint density at radius 2 is 1.91 bits per heavy atom. The molecular formula is C30H30F2N4O7. The maximum absolute atomic E-state index is 15.4. The number of benzene rings is 1. The van der Waals surface area contributed by atoms with Crippen LogP contribution in [0.2, 0.25) is 0 Å². The second-order valence-electron chi connectivity index (χ2n) is 11.3. The molecule has 3 fully saturated rings. The summed E-state index contributed by atoms with van der Waals surface area (Å²) < 4.78 is 43.4. The van der Waals surface area contributed by atoms with Gasteiger partial charge in [-0.2, -0.15) is 0 Å². The third kappa shape index (κ3) is 5.75. The number of hydrogen-bond donors (Lipinski definition) is 1. The molecule has 3 aromatic rings. The van der Waals surface area contributed by atoms with Crippen LogP contribution < -0.4 is 20.0 Å². The lowest BCUT2D eigenvalue weighted by atomic mass is 10.1. The standard InChI is InChI=1S/C30H30F2N4O7/c1-16(37)4-8-20-14-36(30(41)43-20)18-7-9-25(23(31)11-18)42-19-3-2-10-34(13-19)28-24(32)12-21-26(38)22(29(39)40)15-35(17-5-6-17)27(21)33-28/h7,9,11-12,15,17,19-20H,2-6,8,10,13-14H2,1H3,(H,39,40)/t19?,20-/m0/s1. The fraction of sp³-hybridized carbons (Fsp3) is 0.433. The molecule has 2 atom stereocenters. The number of amides is 1. The van der Waals surface area contributed by atoms with Gasteiger partial charge in [-0.15, -0.1) is 0 Å². The molecule has 2 saturated heterocycles. The van der Waals surface area contributed by atoms with Crippen molar-refractivity contribution >= 4 is 40.4 Å². The lowest BCUT2D eigenvalue weighted by molar-refractivity contribution is -0.117. The summed E-state index contributed by atoms with van der Waals surface area (Å²) >= 11 is 0. The lowest BCUT2D eigenvalue weighted by Gasteiger charge is -2.34. The molecule has 3 aliphatic rings. The normalized spacial score (nSPS) is 20.4. The van der Waals surface area contributed by atoms with Gasteiger partial charge in [0, 0.05) is 31.3 Å². The first kappa shape index (κ1) is 28.6. The number of carbonyl (C=O) groups excluding carboxylic acids is 2. The number of aromatic nitrogens is 2. The van der Waals surface area contributed by atoms with Crippen LogP contribution in [-0.4, -0.2) is 64.3 Å². The molecule has 1 N–H and O–H groups in total. The Bertz CT molecular complexity index is 1690. The van der Waals surface area contributed by atoms with E-state index in [-0.39, 0.29) is 53.9 Å². The first-order valence-electron chi connectivity index (χ1n) is 14.3. The Morgan fingerprint density at radius 1 is 1.12 bits per heavy atom. The highest BCUT2D eigenvalue weighted by molar-refractivity contribution is 5.92. The Hall–Kier alpha value is -4.55. The number of anilines is 2. The van der Waals surface area contributed by atoms with E-state index in [0.29, 0.717) is 31.5 Å². The van der Waals surface area contributed by atoms with Gasteiger partial charge in [0.2, 0.25) is 5.43 Å². The molecule has 2 aromatic heterocycles. The number of aromatic carboxylic acids is 1. The number of ether oxygens (including phenoxy) is 2. The van der Waals surface area contributed by atoms with Crippen LogP contribution in [0.25, 0.3) is 11.0 Å². The highest BCUT2D eigenvalue weighted by Gasteiger charge is 2.34. The van der Waals surface area contributed by atoms with Crippen molar-refractivity contribution < 1.29 is 37.7 Å². The molecule has 1 aromatic carbocycles. The van der Waals surface area contributed by atoms with E-state index in [9.17, 15) is 24.3 Å². The summed E-state index contributed by atoms with van der Waals surface area (Å²) in [6.07, 6.45) is 3.19. The molecule has 0 bridgehead atoms. The van der Waals surface area contributed by atoms with Crippen molar-refractivity contribution in [1.29, 1.82) is 0 Å². The molecule has 13 heteroatoms. The second kappa shape index (κ2) is 11.3. The fourth-order valence-corrected chi connectivity index (χ4v) is 5.65. The highest BCUT2D eigenvalue weighted by atomic mass is 19.1. The van der Waals surface area contributed by atoms with Crippen molar-refractivity contribution in [2.24, 2.45) is 0 Å². The van der Waals surface area contributed by atoms with E-state index in [4.69, 9.17) is 9.47 Å². The van der Waals surface area contributed by atoms with Crippen molar-refractivity contribution in [2.75, 3.05) is 29.4 Å². The topological polar surface area (TPSA) is 131 Å². The van der Waals surface area contributed by atoms with Crippen molar-refractivity contribution in [3.8, 4) is 5.75 Å². The number of carbonyl (C=O) groups is 3. The molecular weight excluding hydrogens is 566 g/mol. The summed E-state index contributed by atoms with van der Waals surface area (Å²) in [6, 6.07) is 5.22.